The van der Waals surface area contributed by atoms with Gasteiger partial charge in [0.05, 0.1) is 31.0 Å². The molecule has 1 N–H and O–H groups in total. The Bertz CT molecular complexity index is 623. The molecule has 1 heterocycles. The first kappa shape index (κ1) is 21.5. The second-order valence-electron chi connectivity index (χ2n) is 6.27. The van der Waals surface area contributed by atoms with Crippen molar-refractivity contribution < 1.29 is 19.2 Å². The van der Waals surface area contributed by atoms with Gasteiger partial charge in [-0.25, -0.2) is 0 Å². The van der Waals surface area contributed by atoms with Crippen LogP contribution in [-0.2, 0) is 15.3 Å². The number of benzene rings is 1. The minimum Gasteiger partial charge on any atom is -0.490 e. The highest BCUT2D eigenvalue weighted by atomic mass is 32.2. The van der Waals surface area contributed by atoms with Crippen molar-refractivity contribution >= 4 is 23.4 Å². The molecule has 2 rings (SSSR count). The van der Waals surface area contributed by atoms with E-state index in [0.717, 1.165) is 51.3 Å². The highest BCUT2D eigenvalue weighted by Crippen LogP contribution is 2.28. The average molecular weight is 397 g/mol. The lowest BCUT2D eigenvalue weighted by Crippen LogP contribution is -2.37. The Morgan fingerprint density at radius 1 is 1.37 bits per heavy atom. The number of unbranched alkanes of at least 4 members (excludes halogenated alkanes) is 1. The van der Waals surface area contributed by atoms with Crippen LogP contribution >= 0.6 is 11.8 Å². The van der Waals surface area contributed by atoms with E-state index < -0.39 is 4.92 Å². The Morgan fingerprint density at radius 3 is 2.85 bits per heavy atom. The van der Waals surface area contributed by atoms with Crippen molar-refractivity contribution in [3.8, 4) is 5.75 Å². The van der Waals surface area contributed by atoms with Crippen molar-refractivity contribution in [1.82, 2.24) is 10.2 Å². The normalized spacial score (nSPS) is 14.7. The highest BCUT2D eigenvalue weighted by Gasteiger charge is 2.15. The van der Waals surface area contributed by atoms with Crippen LogP contribution in [0, 0.1) is 10.1 Å². The van der Waals surface area contributed by atoms with Gasteiger partial charge >= 0.3 is 5.69 Å². The van der Waals surface area contributed by atoms with Gasteiger partial charge in [-0.2, -0.15) is 0 Å². The number of ether oxygens (including phenoxy) is 2. The zero-order valence-electron chi connectivity index (χ0n) is 15.6. The standard InChI is InChI=1S/C18H27N3O5S/c1-25-17-5-4-15(12-16(17)21(23)24)13-27-14-18(22)19-6-2-3-7-20-8-10-26-11-9-20/h4-5,12H,2-3,6-11,13-14H2,1H3,(H,19,22). The van der Waals surface area contributed by atoms with E-state index >= 15 is 0 Å². The summed E-state index contributed by atoms with van der Waals surface area (Å²) in [6.07, 6.45) is 2.02. The first-order valence-corrected chi connectivity index (χ1v) is 10.2. The van der Waals surface area contributed by atoms with Crippen LogP contribution in [0.25, 0.3) is 0 Å². The van der Waals surface area contributed by atoms with Gasteiger partial charge in [0, 0.05) is 31.5 Å². The fraction of sp³-hybridized carbons (Fsp3) is 0.611. The highest BCUT2D eigenvalue weighted by molar-refractivity contribution is 7.99. The Hall–Kier alpha value is -1.84. The third-order valence-corrected chi connectivity index (χ3v) is 5.27. The Morgan fingerprint density at radius 2 is 2.15 bits per heavy atom. The molecule has 1 fully saturated rings. The first-order chi connectivity index (χ1) is 13.1. The van der Waals surface area contributed by atoms with Crippen LogP contribution in [-0.4, -0.2) is 68.0 Å². The predicted molar refractivity (Wildman–Crippen MR) is 105 cm³/mol. The van der Waals surface area contributed by atoms with Crippen molar-refractivity contribution in [2.24, 2.45) is 0 Å². The number of hydrogen-bond acceptors (Lipinski definition) is 7. The lowest BCUT2D eigenvalue weighted by molar-refractivity contribution is -0.385. The zero-order valence-corrected chi connectivity index (χ0v) is 16.5. The monoisotopic (exact) mass is 397 g/mol. The number of thioether (sulfide) groups is 1. The van der Waals surface area contributed by atoms with Crippen LogP contribution in [0.2, 0.25) is 0 Å². The molecule has 0 saturated carbocycles. The summed E-state index contributed by atoms with van der Waals surface area (Å²) >= 11 is 1.44. The van der Waals surface area contributed by atoms with Gasteiger partial charge in [0.25, 0.3) is 0 Å². The van der Waals surface area contributed by atoms with E-state index in [2.05, 4.69) is 10.2 Å². The molecule has 1 aliphatic heterocycles. The molecule has 150 valence electrons. The minimum absolute atomic E-state index is 0.00520. The van der Waals surface area contributed by atoms with Gasteiger partial charge < -0.3 is 14.8 Å². The summed E-state index contributed by atoms with van der Waals surface area (Å²) in [5.74, 6) is 1.11. The number of carbonyl (C=O) groups is 1. The van der Waals surface area contributed by atoms with E-state index in [4.69, 9.17) is 9.47 Å². The molecule has 0 spiro atoms. The van der Waals surface area contributed by atoms with Crippen molar-refractivity contribution in [3.63, 3.8) is 0 Å². The Kier molecular flexibility index (Phi) is 9.37. The second kappa shape index (κ2) is 11.8. The van der Waals surface area contributed by atoms with E-state index in [1.807, 2.05) is 0 Å². The first-order valence-electron chi connectivity index (χ1n) is 9.06. The van der Waals surface area contributed by atoms with Gasteiger partial charge in [0.15, 0.2) is 5.75 Å². The molecule has 0 atom stereocenters. The molecule has 9 heteroatoms. The third kappa shape index (κ3) is 7.74. The topological polar surface area (TPSA) is 93.9 Å². The zero-order chi connectivity index (χ0) is 19.5. The fourth-order valence-corrected chi connectivity index (χ4v) is 3.60. The largest absolute Gasteiger partial charge is 0.490 e. The number of hydrogen-bond donors (Lipinski definition) is 1. The summed E-state index contributed by atoms with van der Waals surface area (Å²) in [7, 11) is 1.40. The molecule has 1 aromatic carbocycles. The lowest BCUT2D eigenvalue weighted by atomic mass is 10.2. The molecule has 0 aromatic heterocycles. The van der Waals surface area contributed by atoms with Crippen LogP contribution in [0.1, 0.15) is 18.4 Å². The van der Waals surface area contributed by atoms with Crippen molar-refractivity contribution in [3.05, 3.63) is 33.9 Å². The summed E-state index contributed by atoms with van der Waals surface area (Å²) in [4.78, 5) is 24.8. The Labute approximate surface area is 163 Å². The SMILES string of the molecule is COc1ccc(CSCC(=O)NCCCCN2CCOCC2)cc1[N+](=O)[O-]. The maximum absolute atomic E-state index is 11.9. The molecular formula is C18H27N3O5S. The predicted octanol–water partition coefficient (Wildman–Crippen LogP) is 2.07. The van der Waals surface area contributed by atoms with Crippen molar-refractivity contribution in [2.45, 2.75) is 18.6 Å². The van der Waals surface area contributed by atoms with Gasteiger partial charge in [0.2, 0.25) is 5.91 Å². The summed E-state index contributed by atoms with van der Waals surface area (Å²) in [6.45, 7) is 5.33. The molecule has 1 aromatic rings. The number of nitrogens with zero attached hydrogens (tertiary/aromatic N) is 2. The van der Waals surface area contributed by atoms with E-state index in [1.54, 1.807) is 12.1 Å². The van der Waals surface area contributed by atoms with Crippen LogP contribution < -0.4 is 10.1 Å². The molecule has 27 heavy (non-hydrogen) atoms. The van der Waals surface area contributed by atoms with Crippen LogP contribution in [0.3, 0.4) is 0 Å². The molecule has 0 unspecified atom stereocenters. The Balaban J connectivity index is 1.59. The van der Waals surface area contributed by atoms with Crippen molar-refractivity contribution in [1.29, 1.82) is 0 Å². The number of nitrogens with one attached hydrogen (secondary N) is 1. The van der Waals surface area contributed by atoms with E-state index in [1.165, 1.54) is 24.9 Å². The van der Waals surface area contributed by atoms with E-state index in [9.17, 15) is 14.9 Å². The number of nitro benzene ring substituents is 1. The number of rotatable bonds is 11. The smallest absolute Gasteiger partial charge is 0.311 e. The average Bonchev–Trinajstić information content (AvgIpc) is 2.68. The molecule has 0 aliphatic carbocycles. The van der Waals surface area contributed by atoms with Gasteiger partial charge in [-0.15, -0.1) is 11.8 Å². The van der Waals surface area contributed by atoms with Gasteiger partial charge in [-0.1, -0.05) is 6.07 Å². The van der Waals surface area contributed by atoms with Gasteiger partial charge in [-0.05, 0) is 31.0 Å². The van der Waals surface area contributed by atoms with E-state index in [-0.39, 0.29) is 17.3 Å². The quantitative estimate of drug-likeness (QED) is 0.347. The fourth-order valence-electron chi connectivity index (χ4n) is 2.79. The number of morpholine rings is 1. The summed E-state index contributed by atoms with van der Waals surface area (Å²) in [5, 5.41) is 14.0. The van der Waals surface area contributed by atoms with Crippen LogP contribution in [0.4, 0.5) is 5.69 Å². The number of carbonyl (C=O) groups excluding carboxylic acids is 1. The summed E-state index contributed by atoms with van der Waals surface area (Å²) < 4.78 is 10.3. The van der Waals surface area contributed by atoms with Gasteiger partial charge in [-0.3, -0.25) is 19.8 Å². The number of amides is 1. The molecule has 0 radical (unpaired) electrons. The molecule has 1 saturated heterocycles. The summed E-state index contributed by atoms with van der Waals surface area (Å²) in [6, 6.07) is 4.86. The lowest BCUT2D eigenvalue weighted by Gasteiger charge is -2.26. The second-order valence-corrected chi connectivity index (χ2v) is 7.25. The molecule has 0 bridgehead atoms. The van der Waals surface area contributed by atoms with Crippen LogP contribution in [0.5, 0.6) is 5.75 Å². The molecule has 8 nitrogen and oxygen atoms in total. The summed E-state index contributed by atoms with van der Waals surface area (Å²) in [5.41, 5.74) is 0.742. The number of nitro groups is 1. The maximum atomic E-state index is 11.9. The van der Waals surface area contributed by atoms with E-state index in [0.29, 0.717) is 18.1 Å². The van der Waals surface area contributed by atoms with Gasteiger partial charge in [0.1, 0.15) is 0 Å². The van der Waals surface area contributed by atoms with Crippen molar-refractivity contribution in [2.75, 3.05) is 52.3 Å². The third-order valence-electron chi connectivity index (χ3n) is 4.27. The van der Waals surface area contributed by atoms with Crippen LogP contribution in [0.15, 0.2) is 18.2 Å². The minimum atomic E-state index is -0.462. The molecule has 1 aliphatic rings. The maximum Gasteiger partial charge on any atom is 0.311 e. The molecular weight excluding hydrogens is 370 g/mol. The molecule has 1 amide bonds. The number of methoxy groups -OCH3 is 1.